The van der Waals surface area contributed by atoms with Crippen molar-refractivity contribution in [2.24, 2.45) is 0 Å². The fourth-order valence-electron chi connectivity index (χ4n) is 1.93. The van der Waals surface area contributed by atoms with Crippen LogP contribution in [0.2, 0.25) is 0 Å². The summed E-state index contributed by atoms with van der Waals surface area (Å²) >= 11 is 1.79. The summed E-state index contributed by atoms with van der Waals surface area (Å²) in [5.41, 5.74) is 1.08. The van der Waals surface area contributed by atoms with Gasteiger partial charge in [-0.2, -0.15) is 0 Å². The Morgan fingerprint density at radius 2 is 2.05 bits per heavy atom. The number of ether oxygens (including phenoxy) is 1. The molecule has 1 N–H and O–H groups in total. The molecule has 0 fully saturated rings. The highest BCUT2D eigenvalue weighted by molar-refractivity contribution is 7.15. The molecule has 19 heavy (non-hydrogen) atoms. The number of methoxy groups -OCH3 is 1. The summed E-state index contributed by atoms with van der Waals surface area (Å²) in [5.74, 6) is 0. The van der Waals surface area contributed by atoms with Crippen LogP contribution < -0.4 is 10.2 Å². The van der Waals surface area contributed by atoms with E-state index in [1.54, 1.807) is 18.4 Å². The third kappa shape index (κ3) is 5.09. The number of nitrogens with zero attached hydrogens (tertiary/aromatic N) is 2. The molecule has 0 spiro atoms. The molecular weight excluding hydrogens is 258 g/mol. The van der Waals surface area contributed by atoms with Crippen molar-refractivity contribution in [3.05, 3.63) is 10.6 Å². The molecular formula is C14H27N3OS. The lowest BCUT2D eigenvalue weighted by Crippen LogP contribution is -2.23. The summed E-state index contributed by atoms with van der Waals surface area (Å²) < 4.78 is 5.26. The molecule has 0 saturated carbocycles. The maximum atomic E-state index is 5.26. The first-order chi connectivity index (χ1) is 9.26. The van der Waals surface area contributed by atoms with E-state index in [1.165, 1.54) is 4.88 Å². The van der Waals surface area contributed by atoms with Gasteiger partial charge in [-0.3, -0.25) is 0 Å². The average Bonchev–Trinajstić information content (AvgIpc) is 2.80. The molecule has 0 aliphatic rings. The molecule has 4 nitrogen and oxygen atoms in total. The van der Waals surface area contributed by atoms with Gasteiger partial charge in [0.05, 0.1) is 12.3 Å². The second kappa shape index (κ2) is 9.28. The first kappa shape index (κ1) is 16.4. The molecule has 0 radical (unpaired) electrons. The lowest BCUT2D eigenvalue weighted by atomic mass is 10.3. The highest BCUT2D eigenvalue weighted by Crippen LogP contribution is 2.27. The molecule has 0 saturated heterocycles. The zero-order valence-corrected chi connectivity index (χ0v) is 13.5. The second-order valence-electron chi connectivity index (χ2n) is 4.56. The van der Waals surface area contributed by atoms with Crippen LogP contribution in [0.15, 0.2) is 0 Å². The normalized spacial score (nSPS) is 10.9. The summed E-state index contributed by atoms with van der Waals surface area (Å²) in [6, 6.07) is 0. The van der Waals surface area contributed by atoms with E-state index in [4.69, 9.17) is 9.72 Å². The third-order valence-electron chi connectivity index (χ3n) is 2.91. The Balaban J connectivity index is 2.79. The Morgan fingerprint density at radius 3 is 2.63 bits per heavy atom. The van der Waals surface area contributed by atoms with Gasteiger partial charge in [0.2, 0.25) is 0 Å². The molecule has 0 aliphatic heterocycles. The van der Waals surface area contributed by atoms with Crippen LogP contribution in [0.25, 0.3) is 0 Å². The van der Waals surface area contributed by atoms with Crippen LogP contribution in [0.3, 0.4) is 0 Å². The molecule has 1 rings (SSSR count). The number of thiazole rings is 1. The molecule has 0 bridgehead atoms. The number of anilines is 1. The molecule has 0 aromatic carbocycles. The SMILES string of the molecule is CCCNCc1sc(N(CC)CCC)nc1COC. The summed E-state index contributed by atoms with van der Waals surface area (Å²) in [6.07, 6.45) is 2.30. The Hall–Kier alpha value is -0.650. The van der Waals surface area contributed by atoms with Gasteiger partial charge in [-0.05, 0) is 26.3 Å². The van der Waals surface area contributed by atoms with Gasteiger partial charge in [0.25, 0.3) is 0 Å². The van der Waals surface area contributed by atoms with Gasteiger partial charge >= 0.3 is 0 Å². The van der Waals surface area contributed by atoms with Gasteiger partial charge in [-0.15, -0.1) is 11.3 Å². The Kier molecular flexibility index (Phi) is 8.02. The predicted molar refractivity (Wildman–Crippen MR) is 83.0 cm³/mol. The largest absolute Gasteiger partial charge is 0.378 e. The van der Waals surface area contributed by atoms with Crippen molar-refractivity contribution in [2.75, 3.05) is 31.6 Å². The maximum absolute atomic E-state index is 5.26. The number of hydrogen-bond acceptors (Lipinski definition) is 5. The first-order valence-corrected chi connectivity index (χ1v) is 8.01. The zero-order valence-electron chi connectivity index (χ0n) is 12.7. The lowest BCUT2D eigenvalue weighted by Gasteiger charge is -2.18. The van der Waals surface area contributed by atoms with Crippen molar-refractivity contribution in [2.45, 2.75) is 46.8 Å². The van der Waals surface area contributed by atoms with Gasteiger partial charge in [0, 0.05) is 31.6 Å². The number of nitrogens with one attached hydrogen (secondary N) is 1. The highest BCUT2D eigenvalue weighted by atomic mass is 32.1. The van der Waals surface area contributed by atoms with Crippen molar-refractivity contribution in [3.8, 4) is 0 Å². The van der Waals surface area contributed by atoms with Crippen molar-refractivity contribution in [1.82, 2.24) is 10.3 Å². The number of rotatable bonds is 10. The molecule has 0 aliphatic carbocycles. The van der Waals surface area contributed by atoms with Gasteiger partial charge in [-0.1, -0.05) is 13.8 Å². The summed E-state index contributed by atoms with van der Waals surface area (Å²) in [4.78, 5) is 8.39. The topological polar surface area (TPSA) is 37.4 Å². The van der Waals surface area contributed by atoms with E-state index in [-0.39, 0.29) is 0 Å². The number of aromatic nitrogens is 1. The molecule has 0 amide bonds. The third-order valence-corrected chi connectivity index (χ3v) is 4.06. The van der Waals surface area contributed by atoms with Crippen LogP contribution in [0.5, 0.6) is 0 Å². The monoisotopic (exact) mass is 285 g/mol. The smallest absolute Gasteiger partial charge is 0.185 e. The molecule has 0 atom stereocenters. The molecule has 5 heteroatoms. The van der Waals surface area contributed by atoms with Crippen LogP contribution >= 0.6 is 11.3 Å². The average molecular weight is 285 g/mol. The van der Waals surface area contributed by atoms with Gasteiger partial charge in [-0.25, -0.2) is 4.98 Å². The van der Waals surface area contributed by atoms with E-state index in [0.29, 0.717) is 6.61 Å². The van der Waals surface area contributed by atoms with Crippen LogP contribution in [0, 0.1) is 0 Å². The van der Waals surface area contributed by atoms with Crippen molar-refractivity contribution in [3.63, 3.8) is 0 Å². The van der Waals surface area contributed by atoms with Gasteiger partial charge in [0.15, 0.2) is 5.13 Å². The van der Waals surface area contributed by atoms with Crippen molar-refractivity contribution >= 4 is 16.5 Å². The van der Waals surface area contributed by atoms with E-state index in [0.717, 1.165) is 49.8 Å². The number of hydrogen-bond donors (Lipinski definition) is 1. The lowest BCUT2D eigenvalue weighted by molar-refractivity contribution is 0.181. The predicted octanol–water partition coefficient (Wildman–Crippen LogP) is 3.03. The van der Waals surface area contributed by atoms with Gasteiger partial charge < -0.3 is 15.0 Å². The Labute approximate surface area is 121 Å². The minimum Gasteiger partial charge on any atom is -0.378 e. The minimum atomic E-state index is 0.601. The molecule has 1 heterocycles. The maximum Gasteiger partial charge on any atom is 0.185 e. The van der Waals surface area contributed by atoms with E-state index >= 15 is 0 Å². The van der Waals surface area contributed by atoms with Crippen molar-refractivity contribution in [1.29, 1.82) is 0 Å². The van der Waals surface area contributed by atoms with Crippen molar-refractivity contribution < 1.29 is 4.74 Å². The standard InChI is InChI=1S/C14H27N3OS/c1-5-8-15-10-13-12(11-18-4)16-14(19-13)17(7-3)9-6-2/h15H,5-11H2,1-4H3. The minimum absolute atomic E-state index is 0.601. The summed E-state index contributed by atoms with van der Waals surface area (Å²) in [6.45, 7) is 11.2. The molecule has 1 aromatic rings. The fraction of sp³-hybridized carbons (Fsp3) is 0.786. The summed E-state index contributed by atoms with van der Waals surface area (Å²) in [5, 5.41) is 4.58. The van der Waals surface area contributed by atoms with Crippen LogP contribution in [0.4, 0.5) is 5.13 Å². The van der Waals surface area contributed by atoms with E-state index in [2.05, 4.69) is 31.0 Å². The van der Waals surface area contributed by atoms with E-state index < -0.39 is 0 Å². The van der Waals surface area contributed by atoms with Gasteiger partial charge in [0.1, 0.15) is 0 Å². The highest BCUT2D eigenvalue weighted by Gasteiger charge is 2.14. The molecule has 0 unspecified atom stereocenters. The van der Waals surface area contributed by atoms with E-state index in [9.17, 15) is 0 Å². The van der Waals surface area contributed by atoms with Crippen LogP contribution in [-0.4, -0.2) is 31.7 Å². The second-order valence-corrected chi connectivity index (χ2v) is 5.62. The molecule has 1 aromatic heterocycles. The van der Waals surface area contributed by atoms with E-state index in [1.807, 2.05) is 0 Å². The Bertz CT molecular complexity index is 354. The quantitative estimate of drug-likeness (QED) is 0.671. The van der Waals surface area contributed by atoms with Crippen LogP contribution in [0.1, 0.15) is 44.2 Å². The first-order valence-electron chi connectivity index (χ1n) is 7.19. The molecule has 110 valence electrons. The Morgan fingerprint density at radius 1 is 1.26 bits per heavy atom. The summed E-state index contributed by atoms with van der Waals surface area (Å²) in [7, 11) is 1.73. The zero-order chi connectivity index (χ0) is 14.1. The fourth-order valence-corrected chi connectivity index (χ4v) is 3.05. The van der Waals surface area contributed by atoms with Crippen LogP contribution in [-0.2, 0) is 17.9 Å².